The lowest BCUT2D eigenvalue weighted by atomic mass is 9.98. The average molecular weight is 319 g/mol. The van der Waals surface area contributed by atoms with Gasteiger partial charge in [0.2, 0.25) is 0 Å². The summed E-state index contributed by atoms with van der Waals surface area (Å²) in [4.78, 5) is 15.9. The summed E-state index contributed by atoms with van der Waals surface area (Å²) in [5.41, 5.74) is 2.66. The minimum atomic E-state index is 0.0432. The number of nitrogens with one attached hydrogen (secondary N) is 1. The molecule has 2 aromatic rings. The second-order valence-corrected chi connectivity index (χ2v) is 7.62. The van der Waals surface area contributed by atoms with Crippen LogP contribution in [0.4, 0.5) is 0 Å². The molecule has 2 aromatic heterocycles. The van der Waals surface area contributed by atoms with Gasteiger partial charge in [0.15, 0.2) is 0 Å². The van der Waals surface area contributed by atoms with Crippen molar-refractivity contribution in [2.45, 2.75) is 31.8 Å². The maximum Gasteiger partial charge on any atom is 0.261 e. The van der Waals surface area contributed by atoms with Crippen molar-refractivity contribution in [3.63, 3.8) is 0 Å². The van der Waals surface area contributed by atoms with E-state index in [0.29, 0.717) is 6.54 Å². The number of carbonyl (C=O) groups excluding carboxylic acids is 1. The molecule has 5 heteroatoms. The Hall–Kier alpha value is -1.17. The Bertz CT molecular complexity index is 668. The van der Waals surface area contributed by atoms with Gasteiger partial charge in [0, 0.05) is 28.5 Å². The molecule has 3 heterocycles. The Morgan fingerprint density at radius 3 is 3.24 bits per heavy atom. The topological polar surface area (TPSA) is 38.3 Å². The van der Waals surface area contributed by atoms with Crippen LogP contribution >= 0.6 is 22.7 Å². The fourth-order valence-electron chi connectivity index (χ4n) is 3.04. The zero-order valence-electron chi connectivity index (χ0n) is 11.7. The number of thiophene rings is 2. The van der Waals surface area contributed by atoms with Gasteiger partial charge in [-0.3, -0.25) is 4.79 Å². The minimum absolute atomic E-state index is 0.0432. The number of fused-ring (bicyclic) bond motifs is 3. The van der Waals surface area contributed by atoms with Crippen LogP contribution in [-0.4, -0.2) is 25.2 Å². The third-order valence-corrected chi connectivity index (χ3v) is 6.35. The van der Waals surface area contributed by atoms with Crippen molar-refractivity contribution in [1.82, 2.24) is 5.32 Å². The molecule has 1 atom stereocenters. The van der Waals surface area contributed by atoms with Gasteiger partial charge < -0.3 is 10.1 Å². The van der Waals surface area contributed by atoms with Gasteiger partial charge in [-0.1, -0.05) is 0 Å². The van der Waals surface area contributed by atoms with Crippen LogP contribution in [0, 0.1) is 0 Å². The first-order chi connectivity index (χ1) is 10.3. The molecule has 0 radical (unpaired) electrons. The van der Waals surface area contributed by atoms with Crippen LogP contribution in [0.5, 0.6) is 0 Å². The van der Waals surface area contributed by atoms with Crippen molar-refractivity contribution < 1.29 is 9.53 Å². The van der Waals surface area contributed by atoms with E-state index in [-0.39, 0.29) is 12.0 Å². The summed E-state index contributed by atoms with van der Waals surface area (Å²) >= 11 is 3.45. The normalized spacial score (nSPS) is 20.1. The summed E-state index contributed by atoms with van der Waals surface area (Å²) in [6.07, 6.45) is 4.52. The molecule has 1 aliphatic carbocycles. The number of hydrogen-bond donors (Lipinski definition) is 1. The standard InChI is InChI=1S/C16H17NO2S2/c18-16(17-9-11-2-1-6-19-11)14-8-10-3-4-13-12(5-7-20-13)15(10)21-14/h5,7-8,11H,1-4,6,9H2,(H,17,18). The highest BCUT2D eigenvalue weighted by molar-refractivity contribution is 7.18. The highest BCUT2D eigenvalue weighted by atomic mass is 32.1. The Kier molecular flexibility index (Phi) is 3.57. The van der Waals surface area contributed by atoms with Crippen LogP contribution in [-0.2, 0) is 17.6 Å². The van der Waals surface area contributed by atoms with E-state index < -0.39 is 0 Å². The Labute approximate surface area is 132 Å². The molecule has 21 heavy (non-hydrogen) atoms. The van der Waals surface area contributed by atoms with Crippen molar-refractivity contribution in [3.8, 4) is 10.4 Å². The lowest BCUT2D eigenvalue weighted by molar-refractivity contribution is 0.0861. The number of ether oxygens (including phenoxy) is 1. The van der Waals surface area contributed by atoms with Gasteiger partial charge in [0.05, 0.1) is 11.0 Å². The molecule has 2 aliphatic rings. The maximum atomic E-state index is 12.3. The fraction of sp³-hybridized carbons (Fsp3) is 0.438. The average Bonchev–Trinajstić information content (AvgIpc) is 3.21. The van der Waals surface area contributed by atoms with Crippen molar-refractivity contribution >= 4 is 28.6 Å². The van der Waals surface area contributed by atoms with Crippen molar-refractivity contribution in [2.75, 3.05) is 13.2 Å². The zero-order chi connectivity index (χ0) is 14.2. The highest BCUT2D eigenvalue weighted by Gasteiger charge is 2.23. The summed E-state index contributed by atoms with van der Waals surface area (Å²) in [5, 5.41) is 5.17. The van der Waals surface area contributed by atoms with E-state index in [1.165, 1.54) is 20.9 Å². The Balaban J connectivity index is 1.50. The smallest absolute Gasteiger partial charge is 0.261 e. The van der Waals surface area contributed by atoms with E-state index in [1.54, 1.807) is 11.3 Å². The molecule has 1 aliphatic heterocycles. The first-order valence-corrected chi connectivity index (χ1v) is 9.10. The Morgan fingerprint density at radius 1 is 1.43 bits per heavy atom. The van der Waals surface area contributed by atoms with Gasteiger partial charge in [-0.25, -0.2) is 0 Å². The van der Waals surface area contributed by atoms with Crippen LogP contribution in [0.1, 0.15) is 33.0 Å². The second kappa shape index (κ2) is 5.55. The first kappa shape index (κ1) is 13.5. The van der Waals surface area contributed by atoms with E-state index in [0.717, 1.165) is 37.2 Å². The molecule has 1 fully saturated rings. The van der Waals surface area contributed by atoms with Crippen molar-refractivity contribution in [2.24, 2.45) is 0 Å². The summed E-state index contributed by atoms with van der Waals surface area (Å²) in [6.45, 7) is 1.46. The van der Waals surface area contributed by atoms with Crippen LogP contribution in [0.3, 0.4) is 0 Å². The molecule has 0 bridgehead atoms. The summed E-state index contributed by atoms with van der Waals surface area (Å²) in [5.74, 6) is 0.0432. The summed E-state index contributed by atoms with van der Waals surface area (Å²) in [6, 6.07) is 4.26. The predicted molar refractivity (Wildman–Crippen MR) is 86.3 cm³/mol. The monoisotopic (exact) mass is 319 g/mol. The molecule has 0 saturated carbocycles. The minimum Gasteiger partial charge on any atom is -0.376 e. The molecule has 3 nitrogen and oxygen atoms in total. The van der Waals surface area contributed by atoms with Crippen LogP contribution in [0.25, 0.3) is 10.4 Å². The fourth-order valence-corrected chi connectivity index (χ4v) is 5.17. The molecule has 0 aromatic carbocycles. The van der Waals surface area contributed by atoms with E-state index in [4.69, 9.17) is 4.74 Å². The number of aryl methyl sites for hydroxylation is 2. The van der Waals surface area contributed by atoms with Crippen molar-refractivity contribution in [1.29, 1.82) is 0 Å². The summed E-state index contributed by atoms with van der Waals surface area (Å²) in [7, 11) is 0. The third-order valence-electron chi connectivity index (χ3n) is 4.16. The zero-order valence-corrected chi connectivity index (χ0v) is 13.3. The molecule has 0 spiro atoms. The van der Waals surface area contributed by atoms with Gasteiger partial charge in [0.1, 0.15) is 0 Å². The number of hydrogen-bond acceptors (Lipinski definition) is 4. The van der Waals surface area contributed by atoms with Gasteiger partial charge in [-0.2, -0.15) is 0 Å². The molecule has 1 saturated heterocycles. The molecular formula is C16H17NO2S2. The van der Waals surface area contributed by atoms with E-state index in [2.05, 4.69) is 22.8 Å². The molecular weight excluding hydrogens is 302 g/mol. The number of rotatable bonds is 3. The third kappa shape index (κ3) is 2.54. The molecule has 110 valence electrons. The Morgan fingerprint density at radius 2 is 2.38 bits per heavy atom. The van der Waals surface area contributed by atoms with Gasteiger partial charge >= 0.3 is 0 Å². The van der Waals surface area contributed by atoms with Gasteiger partial charge in [0.25, 0.3) is 5.91 Å². The predicted octanol–water partition coefficient (Wildman–Crippen LogP) is 3.48. The molecule has 1 unspecified atom stereocenters. The van der Waals surface area contributed by atoms with Gasteiger partial charge in [-0.05, 0) is 48.8 Å². The molecule has 1 amide bonds. The van der Waals surface area contributed by atoms with Crippen LogP contribution in [0.2, 0.25) is 0 Å². The first-order valence-electron chi connectivity index (χ1n) is 7.40. The van der Waals surface area contributed by atoms with Gasteiger partial charge in [-0.15, -0.1) is 22.7 Å². The highest BCUT2D eigenvalue weighted by Crippen LogP contribution is 2.41. The van der Waals surface area contributed by atoms with E-state index in [9.17, 15) is 4.79 Å². The van der Waals surface area contributed by atoms with Crippen LogP contribution in [0.15, 0.2) is 17.5 Å². The van der Waals surface area contributed by atoms with E-state index in [1.807, 2.05) is 11.3 Å². The molecule has 1 N–H and O–H groups in total. The van der Waals surface area contributed by atoms with Crippen molar-refractivity contribution in [3.05, 3.63) is 32.8 Å². The lowest BCUT2D eigenvalue weighted by Gasteiger charge is -2.10. The number of amides is 1. The lowest BCUT2D eigenvalue weighted by Crippen LogP contribution is -2.31. The number of carbonyl (C=O) groups is 1. The second-order valence-electron chi connectivity index (χ2n) is 5.57. The SMILES string of the molecule is O=C(NCC1CCCO1)c1cc2c(s1)-c1ccsc1CC2. The van der Waals surface area contributed by atoms with E-state index >= 15 is 0 Å². The van der Waals surface area contributed by atoms with Crippen LogP contribution < -0.4 is 5.32 Å². The largest absolute Gasteiger partial charge is 0.376 e. The summed E-state index contributed by atoms with van der Waals surface area (Å²) < 4.78 is 5.55. The maximum absolute atomic E-state index is 12.3. The quantitative estimate of drug-likeness (QED) is 0.940. The molecule has 4 rings (SSSR count).